The van der Waals surface area contributed by atoms with Crippen molar-refractivity contribution in [3.8, 4) is 0 Å². The fourth-order valence-electron chi connectivity index (χ4n) is 2.58. The number of carbonyl (C=O) groups excluding carboxylic acids is 1. The van der Waals surface area contributed by atoms with Gasteiger partial charge in [-0.15, -0.1) is 0 Å². The van der Waals surface area contributed by atoms with Crippen LogP contribution in [0.2, 0.25) is 5.02 Å². The summed E-state index contributed by atoms with van der Waals surface area (Å²) < 4.78 is 1.78. The third-order valence-electron chi connectivity index (χ3n) is 3.65. The molecule has 2 aromatic rings. The molecule has 3 rings (SSSR count). The number of hydrogen-bond donors (Lipinski definition) is 2. The minimum Gasteiger partial charge on any atom is -0.390 e. The number of fused-ring (bicyclic) bond motifs is 1. The third-order valence-corrected chi connectivity index (χ3v) is 3.89. The quantitative estimate of drug-likeness (QED) is 0.836. The van der Waals surface area contributed by atoms with Gasteiger partial charge in [-0.3, -0.25) is 15.2 Å². The Morgan fingerprint density at radius 2 is 2.27 bits per heavy atom. The van der Waals surface area contributed by atoms with E-state index in [-0.39, 0.29) is 12.5 Å². The molecular weight excluding hydrogens is 302 g/mol. The van der Waals surface area contributed by atoms with Gasteiger partial charge in [-0.2, -0.15) is 0 Å². The zero-order chi connectivity index (χ0) is 15.5. The highest BCUT2D eigenvalue weighted by atomic mass is 35.5. The van der Waals surface area contributed by atoms with Gasteiger partial charge in [0.15, 0.2) is 18.9 Å². The third kappa shape index (κ3) is 3.05. The van der Waals surface area contributed by atoms with Crippen LogP contribution in [0, 0.1) is 0 Å². The molecule has 0 saturated heterocycles. The Morgan fingerprint density at radius 1 is 1.41 bits per heavy atom. The van der Waals surface area contributed by atoms with Crippen LogP contribution in [-0.4, -0.2) is 24.2 Å². The van der Waals surface area contributed by atoms with Gasteiger partial charge < -0.3 is 5.11 Å². The lowest BCUT2D eigenvalue weighted by molar-refractivity contribution is -0.698. The molecule has 2 heterocycles. The van der Waals surface area contributed by atoms with Crippen LogP contribution in [0.25, 0.3) is 0 Å². The molecule has 1 amide bonds. The fourth-order valence-corrected chi connectivity index (χ4v) is 2.78. The molecule has 0 atom stereocenters. The second-order valence-corrected chi connectivity index (χ2v) is 5.61. The van der Waals surface area contributed by atoms with E-state index in [0.717, 1.165) is 24.2 Å². The number of hydrazine groups is 1. The van der Waals surface area contributed by atoms with Gasteiger partial charge in [0, 0.05) is 17.6 Å². The average Bonchev–Trinajstić information content (AvgIpc) is 2.90. The van der Waals surface area contributed by atoms with E-state index in [2.05, 4.69) is 5.43 Å². The maximum atomic E-state index is 12.4. The van der Waals surface area contributed by atoms with E-state index in [1.54, 1.807) is 22.9 Å². The molecule has 2 N–H and O–H groups in total. The van der Waals surface area contributed by atoms with Crippen molar-refractivity contribution in [2.75, 3.05) is 18.2 Å². The van der Waals surface area contributed by atoms with Gasteiger partial charge >= 0.3 is 0 Å². The van der Waals surface area contributed by atoms with E-state index in [0.29, 0.717) is 17.1 Å². The zero-order valence-corrected chi connectivity index (χ0v) is 12.8. The van der Waals surface area contributed by atoms with Crippen molar-refractivity contribution in [1.29, 1.82) is 0 Å². The van der Waals surface area contributed by atoms with Gasteiger partial charge in [0.05, 0.1) is 5.69 Å². The molecule has 0 fully saturated rings. The maximum Gasteiger partial charge on any atom is 0.275 e. The molecule has 0 unspecified atom stereocenters. The Hall–Kier alpha value is -2.11. The molecule has 0 spiro atoms. The summed E-state index contributed by atoms with van der Waals surface area (Å²) in [5.41, 5.74) is 5.59. The summed E-state index contributed by atoms with van der Waals surface area (Å²) in [6.07, 6.45) is 4.40. The van der Waals surface area contributed by atoms with Crippen molar-refractivity contribution in [3.63, 3.8) is 0 Å². The van der Waals surface area contributed by atoms with Crippen LogP contribution in [0.1, 0.15) is 15.9 Å². The monoisotopic (exact) mass is 318 g/mol. The number of aromatic nitrogens is 1. The Morgan fingerprint density at radius 3 is 3.09 bits per heavy atom. The highest BCUT2D eigenvalue weighted by Gasteiger charge is 2.22. The Balaban J connectivity index is 1.75. The van der Waals surface area contributed by atoms with Crippen LogP contribution in [0.5, 0.6) is 0 Å². The standard InChI is InChI=1S/C16H16ClN3O2/c17-14-3-4-15-12(10-14)5-7-20(15)18-16(22)13-2-1-6-19(11-13)8-9-21/h1-4,6,10-11,21H,5,7-9H2/p+1. The molecule has 1 aromatic heterocycles. The predicted molar refractivity (Wildman–Crippen MR) is 83.7 cm³/mol. The number of rotatable bonds is 4. The van der Waals surface area contributed by atoms with Crippen molar-refractivity contribution in [2.45, 2.75) is 13.0 Å². The van der Waals surface area contributed by atoms with Crippen LogP contribution in [0.4, 0.5) is 5.69 Å². The number of amides is 1. The number of carbonyl (C=O) groups is 1. The number of aliphatic hydroxyl groups excluding tert-OH is 1. The molecule has 0 aliphatic carbocycles. The lowest BCUT2D eigenvalue weighted by Crippen LogP contribution is -2.43. The number of hydrogen-bond acceptors (Lipinski definition) is 3. The first kappa shape index (κ1) is 14.8. The van der Waals surface area contributed by atoms with Crippen molar-refractivity contribution in [2.24, 2.45) is 0 Å². The summed E-state index contributed by atoms with van der Waals surface area (Å²) in [6.45, 7) is 1.23. The first-order valence-corrected chi connectivity index (χ1v) is 7.52. The van der Waals surface area contributed by atoms with E-state index in [1.807, 2.05) is 29.4 Å². The SMILES string of the molecule is O=C(NN1CCc2cc(Cl)ccc21)c1ccc[n+](CCO)c1. The second kappa shape index (κ2) is 6.34. The first-order chi connectivity index (χ1) is 10.7. The Bertz CT molecular complexity index is 706. The molecule has 1 aliphatic rings. The van der Waals surface area contributed by atoms with Crippen molar-refractivity contribution >= 4 is 23.2 Å². The van der Waals surface area contributed by atoms with Crippen LogP contribution in [0.15, 0.2) is 42.7 Å². The topological polar surface area (TPSA) is 56.5 Å². The van der Waals surface area contributed by atoms with Crippen LogP contribution >= 0.6 is 11.6 Å². The summed E-state index contributed by atoms with van der Waals surface area (Å²) in [5.74, 6) is -0.171. The fraction of sp³-hybridized carbons (Fsp3) is 0.250. The molecule has 114 valence electrons. The highest BCUT2D eigenvalue weighted by molar-refractivity contribution is 6.30. The molecule has 0 radical (unpaired) electrons. The molecule has 1 aromatic carbocycles. The average molecular weight is 319 g/mol. The number of aliphatic hydroxyl groups is 1. The van der Waals surface area contributed by atoms with Crippen molar-refractivity contribution in [1.82, 2.24) is 5.43 Å². The van der Waals surface area contributed by atoms with E-state index < -0.39 is 0 Å². The smallest absolute Gasteiger partial charge is 0.275 e. The van der Waals surface area contributed by atoms with Crippen LogP contribution < -0.4 is 15.0 Å². The molecule has 22 heavy (non-hydrogen) atoms. The van der Waals surface area contributed by atoms with Crippen LogP contribution in [0.3, 0.4) is 0 Å². The minimum absolute atomic E-state index is 0.0377. The van der Waals surface area contributed by atoms with Crippen LogP contribution in [-0.2, 0) is 13.0 Å². The minimum atomic E-state index is -0.171. The summed E-state index contributed by atoms with van der Waals surface area (Å²) >= 11 is 5.99. The maximum absolute atomic E-state index is 12.4. The van der Waals surface area contributed by atoms with Crippen molar-refractivity contribution < 1.29 is 14.5 Å². The first-order valence-electron chi connectivity index (χ1n) is 7.14. The molecule has 0 bridgehead atoms. The van der Waals surface area contributed by atoms with E-state index in [9.17, 15) is 4.79 Å². The molecule has 1 aliphatic heterocycles. The number of halogens is 1. The number of pyridine rings is 1. The summed E-state index contributed by atoms with van der Waals surface area (Å²) in [6, 6.07) is 9.22. The van der Waals surface area contributed by atoms with Gasteiger partial charge in [-0.05, 0) is 36.2 Å². The normalized spacial score (nSPS) is 13.1. The molecule has 5 nitrogen and oxygen atoms in total. The van der Waals surface area contributed by atoms with Gasteiger partial charge in [0.25, 0.3) is 5.91 Å². The Labute approximate surface area is 133 Å². The number of benzene rings is 1. The lowest BCUT2D eigenvalue weighted by atomic mass is 10.2. The summed E-state index contributed by atoms with van der Waals surface area (Å²) in [7, 11) is 0. The summed E-state index contributed by atoms with van der Waals surface area (Å²) in [5, 5.41) is 11.5. The largest absolute Gasteiger partial charge is 0.390 e. The number of nitrogens with one attached hydrogen (secondary N) is 1. The van der Waals surface area contributed by atoms with Gasteiger partial charge in [-0.25, -0.2) is 4.57 Å². The molecule has 0 saturated carbocycles. The molecule has 6 heteroatoms. The number of nitrogens with zero attached hydrogens (tertiary/aromatic N) is 2. The lowest BCUT2D eigenvalue weighted by Gasteiger charge is -2.20. The van der Waals surface area contributed by atoms with Gasteiger partial charge in [0.1, 0.15) is 12.2 Å². The predicted octanol–water partition coefficient (Wildman–Crippen LogP) is 1.33. The number of anilines is 1. The van der Waals surface area contributed by atoms with Crippen molar-refractivity contribution in [3.05, 3.63) is 58.9 Å². The summed E-state index contributed by atoms with van der Waals surface area (Å²) in [4.78, 5) is 12.4. The Kier molecular flexibility index (Phi) is 4.27. The van der Waals surface area contributed by atoms with E-state index in [4.69, 9.17) is 16.7 Å². The second-order valence-electron chi connectivity index (χ2n) is 5.17. The van der Waals surface area contributed by atoms with Gasteiger partial charge in [0.2, 0.25) is 0 Å². The van der Waals surface area contributed by atoms with Gasteiger partial charge in [-0.1, -0.05) is 11.6 Å². The zero-order valence-electron chi connectivity index (χ0n) is 12.0. The van der Waals surface area contributed by atoms with E-state index in [1.165, 1.54) is 0 Å². The highest BCUT2D eigenvalue weighted by Crippen LogP contribution is 2.28. The van der Waals surface area contributed by atoms with E-state index >= 15 is 0 Å². The molecular formula is C16H17ClN3O2+.